The molecule has 2 aromatic rings. The fourth-order valence-electron chi connectivity index (χ4n) is 2.71. The maximum atomic E-state index is 13.6. The van der Waals surface area contributed by atoms with Crippen molar-refractivity contribution in [3.63, 3.8) is 0 Å². The van der Waals surface area contributed by atoms with Crippen molar-refractivity contribution in [2.24, 2.45) is 0 Å². The number of thiocarbonyl (C=S) groups is 1. The van der Waals surface area contributed by atoms with E-state index in [1.54, 1.807) is 0 Å². The fourth-order valence-corrected chi connectivity index (χ4v) is 3.93. The van der Waals surface area contributed by atoms with Gasteiger partial charge in [-0.25, -0.2) is 4.39 Å². The van der Waals surface area contributed by atoms with Gasteiger partial charge in [0, 0.05) is 4.47 Å². The van der Waals surface area contributed by atoms with Crippen LogP contribution in [0.2, 0.25) is 10.0 Å². The number of hydrogen-bond donors (Lipinski definition) is 2. The number of carbonyl (C=O) groups is 1. The predicted molar refractivity (Wildman–Crippen MR) is 127 cm³/mol. The molecule has 0 saturated carbocycles. The number of alkyl halides is 6. The summed E-state index contributed by atoms with van der Waals surface area (Å²) in [4.78, 5) is 12.1. The second-order valence-electron chi connectivity index (χ2n) is 6.99. The molecule has 0 aromatic heterocycles. The van der Waals surface area contributed by atoms with Crippen LogP contribution in [0.4, 0.5) is 30.7 Å². The molecular formula is C21H14BrCl2F7N2OS. The maximum Gasteiger partial charge on any atom is 0.405 e. The van der Waals surface area contributed by atoms with Crippen LogP contribution in [0.15, 0.2) is 40.9 Å². The molecule has 3 nitrogen and oxygen atoms in total. The molecule has 35 heavy (non-hydrogen) atoms. The quantitative estimate of drug-likeness (QED) is 0.191. The Morgan fingerprint density at radius 1 is 1.06 bits per heavy atom. The topological polar surface area (TPSA) is 41.1 Å². The van der Waals surface area contributed by atoms with Crippen LogP contribution in [0.25, 0.3) is 6.08 Å². The number of carbonyl (C=O) groups excluding carboxylic acids is 1. The van der Waals surface area contributed by atoms with E-state index in [2.05, 4.69) is 21.2 Å². The lowest BCUT2D eigenvalue weighted by atomic mass is 9.97. The van der Waals surface area contributed by atoms with Gasteiger partial charge in [-0.2, -0.15) is 26.3 Å². The number of hydrogen-bond acceptors (Lipinski definition) is 2. The standard InChI is InChI=1S/C21H14BrCl2F7N2OS/c22-14-5-10(1-3-12(14)19(34)32-8-17(35)33-9-20(26,27)28)2-4-13(21(29,30)31)11-6-15(23)18(25)16(24)7-11/h1-7,13H,8-9H2,(H,32,34)(H,33,35). The molecule has 0 aliphatic rings. The SMILES string of the molecule is O=C(NCC(=S)NCC(F)(F)F)c1ccc(C=CC(c2cc(Cl)c(F)c(Cl)c2)C(F)(F)F)cc1Br. The smallest absolute Gasteiger partial charge is 0.369 e. The average Bonchev–Trinajstić information content (AvgIpc) is 2.73. The highest BCUT2D eigenvalue weighted by atomic mass is 79.9. The molecule has 14 heteroatoms. The van der Waals surface area contributed by atoms with Crippen molar-refractivity contribution in [3.8, 4) is 0 Å². The molecule has 0 saturated heterocycles. The zero-order valence-corrected chi connectivity index (χ0v) is 21.0. The van der Waals surface area contributed by atoms with Crippen LogP contribution < -0.4 is 10.6 Å². The molecule has 0 fully saturated rings. The van der Waals surface area contributed by atoms with Crippen LogP contribution in [0, 0.1) is 5.82 Å². The first kappa shape index (κ1) is 29.3. The van der Waals surface area contributed by atoms with E-state index in [4.69, 9.17) is 35.4 Å². The number of amides is 1. The molecule has 1 amide bonds. The summed E-state index contributed by atoms with van der Waals surface area (Å²) in [6.07, 6.45) is -7.24. The Morgan fingerprint density at radius 2 is 1.66 bits per heavy atom. The third-order valence-electron chi connectivity index (χ3n) is 4.33. The first-order valence-corrected chi connectivity index (χ1v) is 11.3. The molecule has 1 unspecified atom stereocenters. The highest BCUT2D eigenvalue weighted by Crippen LogP contribution is 2.39. The third kappa shape index (κ3) is 8.93. The molecule has 0 aliphatic carbocycles. The molecule has 2 N–H and O–H groups in total. The molecule has 0 radical (unpaired) electrons. The van der Waals surface area contributed by atoms with Crippen LogP contribution in [-0.4, -0.2) is 36.3 Å². The summed E-state index contributed by atoms with van der Waals surface area (Å²) in [5, 5.41) is 3.19. The van der Waals surface area contributed by atoms with Gasteiger partial charge in [0.05, 0.1) is 33.1 Å². The van der Waals surface area contributed by atoms with E-state index in [0.29, 0.717) is 0 Å². The molecular weight excluding hydrogens is 612 g/mol. The predicted octanol–water partition coefficient (Wildman–Crippen LogP) is 7.46. The molecule has 190 valence electrons. The summed E-state index contributed by atoms with van der Waals surface area (Å²) in [6.45, 7) is -1.70. The summed E-state index contributed by atoms with van der Waals surface area (Å²) < 4.78 is 91.2. The third-order valence-corrected chi connectivity index (χ3v) is 5.83. The summed E-state index contributed by atoms with van der Waals surface area (Å²) >= 11 is 19.1. The van der Waals surface area contributed by atoms with Gasteiger partial charge in [-0.15, -0.1) is 0 Å². The van der Waals surface area contributed by atoms with Crippen LogP contribution in [-0.2, 0) is 0 Å². The first-order valence-electron chi connectivity index (χ1n) is 9.39. The highest BCUT2D eigenvalue weighted by molar-refractivity contribution is 9.10. The lowest BCUT2D eigenvalue weighted by Gasteiger charge is -2.18. The minimum atomic E-state index is -4.74. The van der Waals surface area contributed by atoms with Crippen molar-refractivity contribution in [3.05, 3.63) is 73.4 Å². The Bertz CT molecular complexity index is 1120. The number of halogens is 10. The number of allylic oxidation sites excluding steroid dienone is 1. The molecule has 0 aliphatic heterocycles. The number of benzene rings is 2. The average molecular weight is 626 g/mol. The van der Waals surface area contributed by atoms with E-state index in [1.807, 2.05) is 5.32 Å². The van der Waals surface area contributed by atoms with E-state index in [-0.39, 0.29) is 32.7 Å². The zero-order valence-electron chi connectivity index (χ0n) is 17.1. The van der Waals surface area contributed by atoms with Gasteiger partial charge in [0.25, 0.3) is 5.91 Å². The van der Waals surface area contributed by atoms with Crippen LogP contribution >= 0.6 is 51.3 Å². The van der Waals surface area contributed by atoms with Crippen molar-refractivity contribution in [1.29, 1.82) is 0 Å². The van der Waals surface area contributed by atoms with Crippen LogP contribution in [0.1, 0.15) is 27.4 Å². The Kier molecular flexibility index (Phi) is 9.97. The summed E-state index contributed by atoms with van der Waals surface area (Å²) in [5.41, 5.74) is -0.00935. The van der Waals surface area contributed by atoms with Gasteiger partial charge in [0.2, 0.25) is 0 Å². The van der Waals surface area contributed by atoms with Crippen LogP contribution in [0.5, 0.6) is 0 Å². The molecule has 0 heterocycles. The van der Waals surface area contributed by atoms with E-state index in [0.717, 1.165) is 24.3 Å². The van der Waals surface area contributed by atoms with Crippen molar-refractivity contribution in [2.75, 3.05) is 13.1 Å². The van der Waals surface area contributed by atoms with Gasteiger partial charge in [0.1, 0.15) is 6.54 Å². The van der Waals surface area contributed by atoms with Crippen molar-refractivity contribution >= 4 is 68.3 Å². The summed E-state index contributed by atoms with van der Waals surface area (Å²) in [5.74, 6) is -3.85. The van der Waals surface area contributed by atoms with Crippen molar-refractivity contribution < 1.29 is 35.5 Å². The normalized spacial score (nSPS) is 13.1. The van der Waals surface area contributed by atoms with Gasteiger partial charge in [0.15, 0.2) is 5.82 Å². The molecule has 0 spiro atoms. The highest BCUT2D eigenvalue weighted by Gasteiger charge is 2.39. The Hall–Kier alpha value is -1.89. The number of rotatable bonds is 7. The van der Waals surface area contributed by atoms with E-state index in [9.17, 15) is 35.5 Å². The largest absolute Gasteiger partial charge is 0.405 e. The summed E-state index contributed by atoms with van der Waals surface area (Å²) in [6, 6.07) is 5.70. The Balaban J connectivity index is 2.15. The van der Waals surface area contributed by atoms with Gasteiger partial charge >= 0.3 is 12.4 Å². The van der Waals surface area contributed by atoms with Crippen molar-refractivity contribution in [1.82, 2.24) is 10.6 Å². The van der Waals surface area contributed by atoms with E-state index >= 15 is 0 Å². The van der Waals surface area contributed by atoms with Gasteiger partial charge in [-0.1, -0.05) is 53.6 Å². The first-order chi connectivity index (χ1) is 16.1. The molecule has 1 atom stereocenters. The minimum Gasteiger partial charge on any atom is -0.369 e. The van der Waals surface area contributed by atoms with Gasteiger partial charge in [-0.3, -0.25) is 4.79 Å². The molecule has 0 bridgehead atoms. The Morgan fingerprint density at radius 3 is 2.17 bits per heavy atom. The lowest BCUT2D eigenvalue weighted by Crippen LogP contribution is -2.39. The fraction of sp³-hybridized carbons (Fsp3) is 0.238. The Labute approximate surface area is 218 Å². The van der Waals surface area contributed by atoms with Crippen LogP contribution in [0.3, 0.4) is 0 Å². The van der Waals surface area contributed by atoms with E-state index in [1.165, 1.54) is 18.2 Å². The second-order valence-corrected chi connectivity index (χ2v) is 9.15. The number of nitrogens with one attached hydrogen (secondary N) is 2. The van der Waals surface area contributed by atoms with E-state index < -0.39 is 46.6 Å². The molecule has 2 aromatic carbocycles. The van der Waals surface area contributed by atoms with Gasteiger partial charge in [-0.05, 0) is 51.3 Å². The second kappa shape index (κ2) is 11.9. The zero-order chi connectivity index (χ0) is 26.6. The minimum absolute atomic E-state index is 0.0743. The van der Waals surface area contributed by atoms with Crippen molar-refractivity contribution in [2.45, 2.75) is 18.3 Å². The molecule has 2 rings (SSSR count). The maximum absolute atomic E-state index is 13.6. The summed E-state index contributed by atoms with van der Waals surface area (Å²) in [7, 11) is 0. The lowest BCUT2D eigenvalue weighted by molar-refractivity contribution is -0.139. The monoisotopic (exact) mass is 624 g/mol. The van der Waals surface area contributed by atoms with Gasteiger partial charge < -0.3 is 10.6 Å².